The van der Waals surface area contributed by atoms with Gasteiger partial charge < -0.3 is 53.7 Å². The molecule has 6 N–H and O–H groups in total. The number of anilines is 4. The predicted octanol–water partition coefficient (Wildman–Crippen LogP) is 19.6. The number of hydrogen-bond donors (Lipinski definition) is 6. The van der Waals surface area contributed by atoms with Crippen molar-refractivity contribution in [1.82, 2.24) is 80.2 Å². The molecule has 1 amide bonds. The van der Waals surface area contributed by atoms with Gasteiger partial charge in [0.05, 0.1) is 12.4 Å². The summed E-state index contributed by atoms with van der Waals surface area (Å²) in [5.41, 5.74) is 9.12. The molecule has 0 spiro atoms. The van der Waals surface area contributed by atoms with Crippen LogP contribution in [0, 0.1) is 17.8 Å². The van der Waals surface area contributed by atoms with Gasteiger partial charge in [-0.1, -0.05) is 163 Å². The molecule has 724 valence electrons. The SMILES string of the molecule is CCCCC(CC(=O)c1cnc(N2CCN(C)C(C(F)(F)F)C2)o1)Cc1c[nH]c2ccccc12.CCCCC(CC(=O)c1cnc(N2C[C@@H](C)N(C)[C@H](C)C2)o1)Cc1c[nH]c2ccccc12.CCCCC(CC(=O)c1nc(N2CCN(C)C(C(F)(F)F)C2)n[nH]1)Cc1c[nH]c2ccccc12.CCCCC(Cc1c[nH]c2ccccc12)NC(=O)c1nnc(N2CCN(C)C(C(F)(F)F)C2)s1. The molecule has 4 fully saturated rings. The van der Waals surface area contributed by atoms with Gasteiger partial charge in [0.2, 0.25) is 16.1 Å². The Bertz CT molecular complexity index is 5330. The molecule has 9 atom stereocenters. The smallest absolute Gasteiger partial charge is 0.405 e. The number of alkyl halides is 9. The molecule has 4 aliphatic rings. The first-order valence-corrected chi connectivity index (χ1v) is 47.9. The summed E-state index contributed by atoms with van der Waals surface area (Å²) in [6.07, 6.45) is 14.3. The molecule has 12 heterocycles. The number of fused-ring (bicyclic) bond motifs is 4. The van der Waals surface area contributed by atoms with E-state index in [1.165, 1.54) is 73.9 Å². The van der Waals surface area contributed by atoms with E-state index in [0.717, 1.165) is 165 Å². The number of ketones is 3. The molecule has 0 bridgehead atoms. The largest absolute Gasteiger partial charge is 0.420 e. The molecule has 4 aromatic carbocycles. The Morgan fingerprint density at radius 3 is 1.24 bits per heavy atom. The van der Waals surface area contributed by atoms with Gasteiger partial charge in [-0.2, -0.15) is 44.5 Å². The number of halogens is 9. The highest BCUT2D eigenvalue weighted by molar-refractivity contribution is 7.17. The fourth-order valence-corrected chi connectivity index (χ4v) is 19.3. The Morgan fingerprint density at radius 1 is 0.455 bits per heavy atom. The zero-order chi connectivity index (χ0) is 95.5. The van der Waals surface area contributed by atoms with Crippen LogP contribution in [0.4, 0.5) is 62.6 Å². The van der Waals surface area contributed by atoms with Crippen molar-refractivity contribution in [3.8, 4) is 0 Å². The third-order valence-corrected chi connectivity index (χ3v) is 27.7. The maximum atomic E-state index is 13.3. The van der Waals surface area contributed by atoms with Gasteiger partial charge in [0.25, 0.3) is 17.9 Å². The van der Waals surface area contributed by atoms with Crippen LogP contribution in [0.5, 0.6) is 0 Å². The minimum atomic E-state index is -4.34. The van der Waals surface area contributed by atoms with Crippen molar-refractivity contribution in [2.75, 3.05) is 120 Å². The van der Waals surface area contributed by atoms with Crippen molar-refractivity contribution in [1.29, 1.82) is 0 Å². The molecule has 26 nitrogen and oxygen atoms in total. The summed E-state index contributed by atoms with van der Waals surface area (Å²) in [6, 6.07) is 29.2. The number of unbranched alkanes of at least 4 members (excludes halogenated alkanes) is 4. The van der Waals surface area contributed by atoms with Gasteiger partial charge in [-0.25, -0.2) is 9.97 Å². The van der Waals surface area contributed by atoms with Crippen LogP contribution in [0.2, 0.25) is 0 Å². The van der Waals surface area contributed by atoms with E-state index in [0.29, 0.717) is 80.2 Å². The monoisotopic (exact) mass is 1880 g/mol. The first kappa shape index (κ1) is 101. The van der Waals surface area contributed by atoms with Gasteiger partial charge in [-0.05, 0) is 158 Å². The standard InChI is InChI=1S/C26H36N4O2.C25H31F3N4O2.C24H31F3N6O.C23H29F3N6OS/c1-5-6-9-20(12-21-14-27-23-11-8-7-10-22(21)23)13-24(31)25-15-28-26(32-25)30-16-18(2)29(4)19(3)17-30;1-3-4-7-17(12-18-14-29-20-9-6-5-8-19(18)20)13-21(33)22-15-30-24(34-22)32-11-10-31(2)23(16-32)25(26,27)28;1-3-4-7-16(12-17-14-28-19-9-6-5-8-18(17)19)13-20(34)22-29-23(31-30-22)33-11-10-32(2)21(15-33)24(25,26)27;1-3-4-7-16(12-15-13-27-18-9-6-5-8-17(15)18)28-20(33)21-29-30-22(34-21)32-11-10-31(2)19(14-32)23(24,25)26/h7-8,10-11,14-15,18-20,27H,5-6,9,12-13,16-17H2,1-4H3;5-6,8-9,14-15,17,23,29H,3-4,7,10-13,16H2,1-2H3;5-6,8-9,14,16,21,28H,3-4,7,10-13,15H2,1-2H3,(H,29,30,31);5-6,8-9,13,16,19,27H,3-4,7,10-12,14H2,1-2H3,(H,28,33)/t18-,19-,20?;;;/m1.../s1. The Labute approximate surface area is 779 Å². The molecule has 8 aromatic heterocycles. The van der Waals surface area contributed by atoms with Crippen LogP contribution in [0.1, 0.15) is 202 Å². The number of likely N-dealkylation sites (N-methyl/N-ethyl adjacent to an activating group) is 4. The second-order valence-electron chi connectivity index (χ2n) is 36.6. The third kappa shape index (κ3) is 26.2. The van der Waals surface area contributed by atoms with Gasteiger partial charge in [0.1, 0.15) is 18.1 Å². The normalized spacial score (nSPS) is 19.0. The van der Waals surface area contributed by atoms with Gasteiger partial charge in [-0.15, -0.1) is 15.3 Å². The van der Waals surface area contributed by atoms with E-state index in [4.69, 9.17) is 8.83 Å². The number of oxazole rings is 2. The molecule has 12 aromatic rings. The molecule has 0 aliphatic carbocycles. The summed E-state index contributed by atoms with van der Waals surface area (Å²) in [5, 5.41) is 23.0. The lowest BCUT2D eigenvalue weighted by molar-refractivity contribution is -0.181. The number of aromatic nitrogens is 11. The van der Waals surface area contributed by atoms with Crippen LogP contribution < -0.4 is 24.9 Å². The molecular formula is C98H127F9N20O6S. The quantitative estimate of drug-likeness (QED) is 0.0159. The highest BCUT2D eigenvalue weighted by atomic mass is 32.1. The number of piperazine rings is 4. The van der Waals surface area contributed by atoms with Crippen molar-refractivity contribution in [2.45, 2.75) is 218 Å². The molecule has 7 unspecified atom stereocenters. The van der Waals surface area contributed by atoms with Gasteiger partial charge in [0.15, 0.2) is 34.7 Å². The Hall–Kier alpha value is -11.0. The van der Waals surface area contributed by atoms with Crippen molar-refractivity contribution in [3.63, 3.8) is 0 Å². The number of nitrogens with zero attached hydrogens (tertiary/aromatic N) is 14. The summed E-state index contributed by atoms with van der Waals surface area (Å²) in [4.78, 5) is 91.2. The summed E-state index contributed by atoms with van der Waals surface area (Å²) in [6.45, 7) is 15.8. The van der Waals surface area contributed by atoms with E-state index >= 15 is 0 Å². The average Bonchev–Trinajstić information content (AvgIpc) is 1.39. The molecule has 134 heavy (non-hydrogen) atoms. The number of benzene rings is 4. The lowest BCUT2D eigenvalue weighted by atomic mass is 9.89. The first-order chi connectivity index (χ1) is 64.2. The Balaban J connectivity index is 0.000000152. The number of para-hydroxylation sites is 4. The number of carbonyl (C=O) groups excluding carboxylic acids is 4. The average molecular weight is 1880 g/mol. The van der Waals surface area contributed by atoms with E-state index in [1.54, 1.807) is 11.1 Å². The first-order valence-electron chi connectivity index (χ1n) is 47.0. The van der Waals surface area contributed by atoms with Crippen LogP contribution in [0.25, 0.3) is 43.6 Å². The van der Waals surface area contributed by atoms with Crippen LogP contribution in [-0.2, 0) is 25.7 Å². The van der Waals surface area contributed by atoms with Crippen LogP contribution >= 0.6 is 11.3 Å². The predicted molar refractivity (Wildman–Crippen MR) is 507 cm³/mol. The van der Waals surface area contributed by atoms with Crippen molar-refractivity contribution in [3.05, 3.63) is 179 Å². The minimum Gasteiger partial charge on any atom is -0.420 e. The van der Waals surface area contributed by atoms with Crippen LogP contribution in [-0.4, -0.2) is 253 Å². The summed E-state index contributed by atoms with van der Waals surface area (Å²) in [5.74, 6) is 0.701. The number of hydrogen-bond acceptors (Lipinski definition) is 21. The lowest BCUT2D eigenvalue weighted by Crippen LogP contribution is -2.57. The number of rotatable bonds is 35. The molecule has 36 heteroatoms. The maximum Gasteiger partial charge on any atom is 0.405 e. The summed E-state index contributed by atoms with van der Waals surface area (Å²) < 4.78 is 132. The topological polar surface area (TPSA) is 289 Å². The lowest BCUT2D eigenvalue weighted by Gasteiger charge is -2.41. The fourth-order valence-electron chi connectivity index (χ4n) is 18.5. The third-order valence-electron chi connectivity index (χ3n) is 26.7. The van der Waals surface area contributed by atoms with Gasteiger partial charge >= 0.3 is 18.5 Å². The molecule has 4 aliphatic heterocycles. The van der Waals surface area contributed by atoms with E-state index in [1.807, 2.05) is 79.3 Å². The van der Waals surface area contributed by atoms with Crippen molar-refractivity contribution < 1.29 is 67.5 Å². The number of nitrogens with one attached hydrogen (secondary N) is 6. The molecular weight excluding hydrogens is 1760 g/mol. The number of H-pyrrole nitrogens is 5. The zero-order valence-electron chi connectivity index (χ0n) is 78.1. The highest BCUT2D eigenvalue weighted by Crippen LogP contribution is 2.37. The fraction of sp³-hybridized carbons (Fsp3) is 0.531. The zero-order valence-corrected chi connectivity index (χ0v) is 78.9. The van der Waals surface area contributed by atoms with E-state index < -0.39 is 36.7 Å². The molecule has 16 rings (SSSR count). The minimum absolute atomic E-state index is 0.0555. The Morgan fingerprint density at radius 2 is 0.821 bits per heavy atom. The van der Waals surface area contributed by atoms with Crippen molar-refractivity contribution in [2.24, 2.45) is 17.8 Å². The second-order valence-corrected chi connectivity index (χ2v) is 37.5. The summed E-state index contributed by atoms with van der Waals surface area (Å²) >= 11 is 1.04. The maximum absolute atomic E-state index is 13.3. The van der Waals surface area contributed by atoms with E-state index in [-0.39, 0.29) is 109 Å². The molecule has 4 saturated heterocycles. The number of carbonyl (C=O) groups is 4. The number of Topliss-reactive ketones (excluding diaryl/α,β-unsaturated/α-hetero) is 3. The second kappa shape index (κ2) is 46.1. The van der Waals surface area contributed by atoms with Crippen LogP contribution in [0.15, 0.2) is 143 Å². The highest BCUT2D eigenvalue weighted by Gasteiger charge is 2.49. The molecule has 0 radical (unpaired) electrons. The van der Waals surface area contributed by atoms with Gasteiger partial charge in [0, 0.05) is 178 Å². The number of aromatic amines is 5. The van der Waals surface area contributed by atoms with Crippen LogP contribution in [0.3, 0.4) is 0 Å². The van der Waals surface area contributed by atoms with Gasteiger partial charge in [-0.3, -0.25) is 43.9 Å². The van der Waals surface area contributed by atoms with Crippen molar-refractivity contribution >= 4 is 101 Å². The van der Waals surface area contributed by atoms with E-state index in [9.17, 15) is 58.7 Å². The molecule has 0 saturated carbocycles. The summed E-state index contributed by atoms with van der Waals surface area (Å²) in [7, 11) is 6.55. The Kier molecular flexibility index (Phi) is 34.5. The number of amides is 1. The van der Waals surface area contributed by atoms with E-state index in [2.05, 4.69) is 162 Å².